The fourth-order valence-corrected chi connectivity index (χ4v) is 0.750. The van der Waals surface area contributed by atoms with E-state index in [1.54, 1.807) is 0 Å². The van der Waals surface area contributed by atoms with Gasteiger partial charge >= 0.3 is 0 Å². The Labute approximate surface area is 45.8 Å². The summed E-state index contributed by atoms with van der Waals surface area (Å²) in [7, 11) is -0.396. The van der Waals surface area contributed by atoms with E-state index < -0.39 is 8.11 Å². The van der Waals surface area contributed by atoms with Crippen molar-refractivity contribution in [1.29, 1.82) is 0 Å². The second-order valence-electron chi connectivity index (χ2n) is 1.22. The lowest BCUT2D eigenvalue weighted by Crippen LogP contribution is -1.95. The Bertz CT molecular complexity index is 26.7. The van der Waals surface area contributed by atoms with Crippen molar-refractivity contribution in [3.63, 3.8) is 0 Å². The summed E-state index contributed by atoms with van der Waals surface area (Å²) in [6.45, 7) is 4.29. The molecule has 0 spiro atoms. The standard InChI is InChI=1S/C4H10ClSi/c1-3-6(5)4-2/h3-4H2,1-2H3. The molecule has 0 fully saturated rings. The fourth-order valence-electron chi connectivity index (χ4n) is 0.250. The molecule has 0 saturated carbocycles. The van der Waals surface area contributed by atoms with E-state index in [-0.39, 0.29) is 0 Å². The van der Waals surface area contributed by atoms with E-state index in [4.69, 9.17) is 11.1 Å². The van der Waals surface area contributed by atoms with Crippen LogP contribution in [-0.4, -0.2) is 8.11 Å². The van der Waals surface area contributed by atoms with Crippen LogP contribution in [0.2, 0.25) is 12.1 Å². The van der Waals surface area contributed by atoms with Crippen molar-refractivity contribution in [3.05, 3.63) is 0 Å². The van der Waals surface area contributed by atoms with Crippen LogP contribution in [0.3, 0.4) is 0 Å². The molecule has 6 heavy (non-hydrogen) atoms. The molecule has 1 radical (unpaired) electrons. The molecule has 0 aliphatic heterocycles. The molecule has 0 rings (SSSR count). The molecule has 0 aromatic rings. The SMILES string of the molecule is CC[Si](Cl)CC. The van der Waals surface area contributed by atoms with Gasteiger partial charge in [0.1, 0.15) is 0 Å². The van der Waals surface area contributed by atoms with Gasteiger partial charge in [0.25, 0.3) is 0 Å². The predicted molar refractivity (Wildman–Crippen MR) is 32.6 cm³/mol. The lowest BCUT2D eigenvalue weighted by atomic mass is 11.0. The molecule has 0 bridgehead atoms. The van der Waals surface area contributed by atoms with Gasteiger partial charge in [-0.05, 0) is 12.1 Å². The Morgan fingerprint density at radius 1 is 1.33 bits per heavy atom. The monoisotopic (exact) mass is 121 g/mol. The maximum Gasteiger partial charge on any atom is 0.164 e. The Kier molecular flexibility index (Phi) is 4.00. The largest absolute Gasteiger partial charge is 0.169 e. The van der Waals surface area contributed by atoms with E-state index in [1.807, 2.05) is 0 Å². The summed E-state index contributed by atoms with van der Waals surface area (Å²) in [5, 5.41) is 0. The lowest BCUT2D eigenvalue weighted by Gasteiger charge is -1.91. The minimum atomic E-state index is -0.396. The summed E-state index contributed by atoms with van der Waals surface area (Å²) in [5.41, 5.74) is 0. The van der Waals surface area contributed by atoms with E-state index in [0.717, 1.165) is 0 Å². The topological polar surface area (TPSA) is 0 Å². The van der Waals surface area contributed by atoms with Gasteiger partial charge in [0.2, 0.25) is 0 Å². The molecular weight excluding hydrogens is 112 g/mol. The summed E-state index contributed by atoms with van der Waals surface area (Å²) in [6, 6.07) is 2.39. The van der Waals surface area contributed by atoms with Crippen molar-refractivity contribution in [2.75, 3.05) is 0 Å². The average molecular weight is 122 g/mol. The van der Waals surface area contributed by atoms with E-state index in [9.17, 15) is 0 Å². The maximum atomic E-state index is 5.75. The van der Waals surface area contributed by atoms with Crippen molar-refractivity contribution in [1.82, 2.24) is 0 Å². The first kappa shape index (κ1) is 6.51. The fraction of sp³-hybridized carbons (Fsp3) is 1.00. The van der Waals surface area contributed by atoms with Gasteiger partial charge in [-0.1, -0.05) is 13.8 Å². The third-order valence-corrected chi connectivity index (χ3v) is 3.91. The first-order valence-electron chi connectivity index (χ1n) is 2.31. The predicted octanol–water partition coefficient (Wildman–Crippen LogP) is 2.26. The summed E-state index contributed by atoms with van der Waals surface area (Å²) < 4.78 is 0. The zero-order chi connectivity index (χ0) is 4.99. The highest BCUT2D eigenvalue weighted by molar-refractivity contribution is 7.06. The van der Waals surface area contributed by atoms with E-state index >= 15 is 0 Å². The zero-order valence-corrected chi connectivity index (χ0v) is 6.05. The molecule has 0 amide bonds. The van der Waals surface area contributed by atoms with Gasteiger partial charge < -0.3 is 0 Å². The van der Waals surface area contributed by atoms with Crippen LogP contribution in [0.1, 0.15) is 13.8 Å². The highest BCUT2D eigenvalue weighted by Gasteiger charge is 1.96. The highest BCUT2D eigenvalue weighted by atomic mass is 35.6. The third-order valence-electron chi connectivity index (χ3n) is 0.767. The molecule has 0 N–H and O–H groups in total. The number of hydrogen-bond acceptors (Lipinski definition) is 0. The lowest BCUT2D eigenvalue weighted by molar-refractivity contribution is 1.35. The third kappa shape index (κ3) is 2.73. The highest BCUT2D eigenvalue weighted by Crippen LogP contribution is 2.00. The molecule has 0 aromatic carbocycles. The van der Waals surface area contributed by atoms with Gasteiger partial charge in [0.15, 0.2) is 8.11 Å². The van der Waals surface area contributed by atoms with Crippen LogP contribution in [0.25, 0.3) is 0 Å². The van der Waals surface area contributed by atoms with Crippen molar-refractivity contribution < 1.29 is 0 Å². The second-order valence-corrected chi connectivity index (χ2v) is 5.28. The van der Waals surface area contributed by atoms with Gasteiger partial charge in [0, 0.05) is 0 Å². The molecule has 2 heteroatoms. The Hall–Kier alpha value is 0.507. The van der Waals surface area contributed by atoms with Crippen LogP contribution in [0.4, 0.5) is 0 Å². The molecular formula is C4H10ClSi. The van der Waals surface area contributed by atoms with E-state index in [1.165, 1.54) is 12.1 Å². The van der Waals surface area contributed by atoms with Gasteiger partial charge in [-0.25, -0.2) is 0 Å². The van der Waals surface area contributed by atoms with Crippen LogP contribution in [-0.2, 0) is 0 Å². The van der Waals surface area contributed by atoms with Crippen molar-refractivity contribution in [2.24, 2.45) is 0 Å². The van der Waals surface area contributed by atoms with Crippen LogP contribution in [0.5, 0.6) is 0 Å². The number of hydrogen-bond donors (Lipinski definition) is 0. The van der Waals surface area contributed by atoms with Crippen molar-refractivity contribution >= 4 is 19.2 Å². The van der Waals surface area contributed by atoms with E-state index in [2.05, 4.69) is 13.8 Å². The summed E-state index contributed by atoms with van der Waals surface area (Å²) in [6.07, 6.45) is 0. The molecule has 0 aliphatic carbocycles. The van der Waals surface area contributed by atoms with Crippen LogP contribution < -0.4 is 0 Å². The minimum absolute atomic E-state index is 0.396. The van der Waals surface area contributed by atoms with Gasteiger partial charge in [-0.3, -0.25) is 0 Å². The summed E-state index contributed by atoms with van der Waals surface area (Å²) >= 11 is 5.75. The zero-order valence-electron chi connectivity index (χ0n) is 4.29. The van der Waals surface area contributed by atoms with Crippen LogP contribution >= 0.6 is 11.1 Å². The molecule has 0 atom stereocenters. The quantitative estimate of drug-likeness (QED) is 0.389. The molecule has 0 aliphatic rings. The van der Waals surface area contributed by atoms with Gasteiger partial charge in [-0.2, -0.15) is 11.1 Å². The van der Waals surface area contributed by atoms with Gasteiger partial charge in [0.05, 0.1) is 0 Å². The summed E-state index contributed by atoms with van der Waals surface area (Å²) in [5.74, 6) is 0. The molecule has 0 heterocycles. The van der Waals surface area contributed by atoms with Crippen molar-refractivity contribution in [2.45, 2.75) is 25.9 Å². The smallest absolute Gasteiger partial charge is 0.164 e. The number of rotatable bonds is 2. The summed E-state index contributed by atoms with van der Waals surface area (Å²) in [4.78, 5) is 0. The molecule has 37 valence electrons. The molecule has 0 aromatic heterocycles. The maximum absolute atomic E-state index is 5.75. The molecule has 0 nitrogen and oxygen atoms in total. The Morgan fingerprint density at radius 2 is 1.67 bits per heavy atom. The van der Waals surface area contributed by atoms with E-state index in [0.29, 0.717) is 0 Å². The van der Waals surface area contributed by atoms with Crippen LogP contribution in [0.15, 0.2) is 0 Å². The van der Waals surface area contributed by atoms with Crippen molar-refractivity contribution in [3.8, 4) is 0 Å². The Balaban J connectivity index is 2.75. The first-order chi connectivity index (χ1) is 2.81. The minimum Gasteiger partial charge on any atom is -0.169 e. The first-order valence-corrected chi connectivity index (χ1v) is 5.24. The molecule has 0 saturated heterocycles. The molecule has 0 unspecified atom stereocenters. The Morgan fingerprint density at radius 3 is 1.67 bits per heavy atom. The van der Waals surface area contributed by atoms with Gasteiger partial charge in [-0.15, -0.1) is 0 Å². The number of halogens is 1. The average Bonchev–Trinajstić information content (AvgIpc) is 1.65. The second kappa shape index (κ2) is 3.69. The normalized spacial score (nSPS) is 10.0. The van der Waals surface area contributed by atoms with Crippen LogP contribution in [0, 0.1) is 0 Å².